The van der Waals surface area contributed by atoms with Crippen LogP contribution < -0.4 is 0 Å². The molecule has 0 rings (SSSR count). The zero-order valence-corrected chi connectivity index (χ0v) is 13.6. The fourth-order valence-electron chi connectivity index (χ4n) is 1.59. The molecule has 7 heteroatoms. The fourth-order valence-corrected chi connectivity index (χ4v) is 1.83. The lowest BCUT2D eigenvalue weighted by Gasteiger charge is -2.20. The van der Waals surface area contributed by atoms with Gasteiger partial charge in [-0.2, -0.15) is 0 Å². The Morgan fingerprint density at radius 2 is 1.48 bits per heavy atom. The SMILES string of the molecule is CCCCOCCOCCOCCN(CCCl)CC(F)F. The maximum atomic E-state index is 12.3. The molecule has 0 fully saturated rings. The van der Waals surface area contributed by atoms with E-state index in [-0.39, 0.29) is 6.54 Å². The molecule has 0 aromatic heterocycles. The first-order valence-corrected chi connectivity index (χ1v) is 8.03. The van der Waals surface area contributed by atoms with Crippen LogP contribution in [-0.2, 0) is 14.2 Å². The van der Waals surface area contributed by atoms with Gasteiger partial charge in [-0.3, -0.25) is 4.90 Å². The number of hydrogen-bond acceptors (Lipinski definition) is 4. The Hall–Kier alpha value is -0.0100. The molecule has 0 N–H and O–H groups in total. The second-order valence-electron chi connectivity index (χ2n) is 4.57. The van der Waals surface area contributed by atoms with Crippen LogP contribution in [0.25, 0.3) is 0 Å². The largest absolute Gasteiger partial charge is 0.379 e. The number of halogens is 3. The van der Waals surface area contributed by atoms with E-state index in [1.165, 1.54) is 0 Å². The van der Waals surface area contributed by atoms with Crippen LogP contribution in [0.3, 0.4) is 0 Å². The molecule has 0 radical (unpaired) electrons. The lowest BCUT2D eigenvalue weighted by atomic mass is 10.4. The predicted octanol–water partition coefficient (Wildman–Crippen LogP) is 2.64. The van der Waals surface area contributed by atoms with E-state index < -0.39 is 6.43 Å². The van der Waals surface area contributed by atoms with Crippen LogP contribution in [0.2, 0.25) is 0 Å². The molecule has 0 aromatic carbocycles. The topological polar surface area (TPSA) is 30.9 Å². The highest BCUT2D eigenvalue weighted by molar-refractivity contribution is 6.18. The average Bonchev–Trinajstić information content (AvgIpc) is 2.44. The van der Waals surface area contributed by atoms with Crippen molar-refractivity contribution in [3.8, 4) is 0 Å². The summed E-state index contributed by atoms with van der Waals surface area (Å²) in [5, 5.41) is 0. The lowest BCUT2D eigenvalue weighted by Crippen LogP contribution is -2.34. The average molecular weight is 332 g/mol. The van der Waals surface area contributed by atoms with E-state index in [4.69, 9.17) is 25.8 Å². The van der Waals surface area contributed by atoms with E-state index in [0.29, 0.717) is 52.0 Å². The zero-order valence-electron chi connectivity index (χ0n) is 12.9. The summed E-state index contributed by atoms with van der Waals surface area (Å²) in [4.78, 5) is 1.60. The van der Waals surface area contributed by atoms with Crippen molar-refractivity contribution in [2.75, 3.05) is 65.2 Å². The highest BCUT2D eigenvalue weighted by Gasteiger charge is 2.10. The molecule has 0 saturated heterocycles. The van der Waals surface area contributed by atoms with E-state index in [2.05, 4.69) is 6.92 Å². The minimum atomic E-state index is -2.34. The first kappa shape index (κ1) is 21.0. The molecule has 0 amide bonds. The molecule has 0 saturated carbocycles. The van der Waals surface area contributed by atoms with Gasteiger partial charge in [0.05, 0.1) is 39.6 Å². The molecule has 0 aromatic rings. The van der Waals surface area contributed by atoms with Crippen LogP contribution in [0.15, 0.2) is 0 Å². The number of ether oxygens (including phenoxy) is 3. The van der Waals surface area contributed by atoms with Crippen molar-refractivity contribution in [2.45, 2.75) is 26.2 Å². The highest BCUT2D eigenvalue weighted by Crippen LogP contribution is 1.99. The molecule has 0 spiro atoms. The smallest absolute Gasteiger partial charge is 0.251 e. The van der Waals surface area contributed by atoms with Crippen molar-refractivity contribution in [3.63, 3.8) is 0 Å². The van der Waals surface area contributed by atoms with Crippen molar-refractivity contribution < 1.29 is 23.0 Å². The molecule has 21 heavy (non-hydrogen) atoms. The number of hydrogen-bond donors (Lipinski definition) is 0. The van der Waals surface area contributed by atoms with E-state index in [1.807, 2.05) is 0 Å². The maximum Gasteiger partial charge on any atom is 0.251 e. The second-order valence-corrected chi connectivity index (χ2v) is 4.95. The molecule has 4 nitrogen and oxygen atoms in total. The summed E-state index contributed by atoms with van der Waals surface area (Å²) in [6.07, 6.45) is -0.147. The third-order valence-electron chi connectivity index (χ3n) is 2.74. The summed E-state index contributed by atoms with van der Waals surface area (Å²) >= 11 is 5.56. The van der Waals surface area contributed by atoms with E-state index in [0.717, 1.165) is 19.4 Å². The Morgan fingerprint density at radius 3 is 2.00 bits per heavy atom. The fraction of sp³-hybridized carbons (Fsp3) is 1.00. The molecule has 0 aliphatic rings. The van der Waals surface area contributed by atoms with Crippen molar-refractivity contribution in [1.82, 2.24) is 4.90 Å². The third-order valence-corrected chi connectivity index (χ3v) is 2.90. The minimum absolute atomic E-state index is 0.262. The normalized spacial score (nSPS) is 11.7. The van der Waals surface area contributed by atoms with Crippen molar-refractivity contribution >= 4 is 11.6 Å². The first-order valence-electron chi connectivity index (χ1n) is 7.50. The number of rotatable bonds is 16. The van der Waals surface area contributed by atoms with Gasteiger partial charge in [-0.1, -0.05) is 13.3 Å². The monoisotopic (exact) mass is 331 g/mol. The Kier molecular flexibility index (Phi) is 16.4. The van der Waals surface area contributed by atoms with Gasteiger partial charge in [-0.05, 0) is 6.42 Å². The van der Waals surface area contributed by atoms with Gasteiger partial charge < -0.3 is 14.2 Å². The summed E-state index contributed by atoms with van der Waals surface area (Å²) in [7, 11) is 0. The van der Waals surface area contributed by atoms with Gasteiger partial charge in [0.15, 0.2) is 0 Å². The van der Waals surface area contributed by atoms with Gasteiger partial charge in [0.1, 0.15) is 0 Å². The Bertz CT molecular complexity index is 215. The van der Waals surface area contributed by atoms with E-state index >= 15 is 0 Å². The molecular weight excluding hydrogens is 304 g/mol. The van der Waals surface area contributed by atoms with Gasteiger partial charge in [0, 0.05) is 25.6 Å². The van der Waals surface area contributed by atoms with E-state index in [9.17, 15) is 8.78 Å². The van der Waals surface area contributed by atoms with Gasteiger partial charge in [-0.25, -0.2) is 8.78 Å². The number of alkyl halides is 3. The molecule has 0 heterocycles. The second kappa shape index (κ2) is 16.4. The third kappa shape index (κ3) is 16.2. The van der Waals surface area contributed by atoms with Crippen molar-refractivity contribution in [1.29, 1.82) is 0 Å². The molecule has 128 valence electrons. The molecular formula is C14H28ClF2NO3. The molecule has 0 atom stereocenters. The Labute approximate surface area is 131 Å². The predicted molar refractivity (Wildman–Crippen MR) is 80.5 cm³/mol. The summed E-state index contributed by atoms with van der Waals surface area (Å²) < 4.78 is 40.6. The van der Waals surface area contributed by atoms with Gasteiger partial charge >= 0.3 is 0 Å². The standard InChI is InChI=1S/C14H28ClF2NO3/c1-2-3-7-19-9-11-21-12-10-20-8-6-18(5-4-15)13-14(16)17/h14H,2-13H2,1H3. The van der Waals surface area contributed by atoms with Crippen molar-refractivity contribution in [3.05, 3.63) is 0 Å². The molecule has 0 bridgehead atoms. The molecule has 0 unspecified atom stereocenters. The Morgan fingerprint density at radius 1 is 0.905 bits per heavy atom. The van der Waals surface area contributed by atoms with Gasteiger partial charge in [0.25, 0.3) is 6.43 Å². The zero-order chi connectivity index (χ0) is 15.8. The van der Waals surface area contributed by atoms with Crippen LogP contribution in [-0.4, -0.2) is 76.5 Å². The maximum absolute atomic E-state index is 12.3. The van der Waals surface area contributed by atoms with Crippen molar-refractivity contribution in [2.24, 2.45) is 0 Å². The molecule has 0 aliphatic carbocycles. The summed E-state index contributed by atoms with van der Waals surface area (Å²) in [6.45, 7) is 6.03. The quantitative estimate of drug-likeness (QED) is 0.321. The van der Waals surface area contributed by atoms with Gasteiger partial charge in [-0.15, -0.1) is 11.6 Å². The van der Waals surface area contributed by atoms with Crippen LogP contribution in [0, 0.1) is 0 Å². The lowest BCUT2D eigenvalue weighted by molar-refractivity contribution is 0.00699. The summed E-state index contributed by atoms with van der Waals surface area (Å²) in [5.41, 5.74) is 0. The highest BCUT2D eigenvalue weighted by atomic mass is 35.5. The van der Waals surface area contributed by atoms with Gasteiger partial charge in [0.2, 0.25) is 0 Å². The van der Waals surface area contributed by atoms with Crippen LogP contribution in [0.4, 0.5) is 8.78 Å². The van der Waals surface area contributed by atoms with E-state index in [1.54, 1.807) is 4.90 Å². The first-order chi connectivity index (χ1) is 10.2. The number of nitrogens with zero attached hydrogens (tertiary/aromatic N) is 1. The van der Waals surface area contributed by atoms with Crippen LogP contribution in [0.5, 0.6) is 0 Å². The van der Waals surface area contributed by atoms with Crippen LogP contribution in [0.1, 0.15) is 19.8 Å². The Balaban J connectivity index is 3.29. The minimum Gasteiger partial charge on any atom is -0.379 e. The number of unbranched alkanes of at least 4 members (excludes halogenated alkanes) is 1. The molecule has 0 aliphatic heterocycles. The summed E-state index contributed by atoms with van der Waals surface area (Å²) in [6, 6.07) is 0. The summed E-state index contributed by atoms with van der Waals surface area (Å²) in [5.74, 6) is 0.341. The van der Waals surface area contributed by atoms with Crippen LogP contribution >= 0.6 is 11.6 Å².